The van der Waals surface area contributed by atoms with Gasteiger partial charge in [-0.1, -0.05) is 13.8 Å². The molecule has 2 atom stereocenters. The molecule has 0 saturated heterocycles. The van der Waals surface area contributed by atoms with Gasteiger partial charge in [-0.2, -0.15) is 5.10 Å². The molecule has 0 aromatic carbocycles. The average Bonchev–Trinajstić information content (AvgIpc) is 3.09. The average molecular weight is 374 g/mol. The highest BCUT2D eigenvalue weighted by Crippen LogP contribution is 2.47. The van der Waals surface area contributed by atoms with E-state index in [2.05, 4.69) is 10.4 Å². The molecule has 1 amide bonds. The van der Waals surface area contributed by atoms with E-state index in [1.165, 1.54) is 10.7 Å². The van der Waals surface area contributed by atoms with Crippen LogP contribution < -0.4 is 11.1 Å². The van der Waals surface area contributed by atoms with Gasteiger partial charge in [-0.25, -0.2) is 9.31 Å². The van der Waals surface area contributed by atoms with Crippen molar-refractivity contribution < 1.29 is 19.4 Å². The van der Waals surface area contributed by atoms with Crippen LogP contribution in [0.4, 0.5) is 5.69 Å². The molecule has 1 saturated carbocycles. The summed E-state index contributed by atoms with van der Waals surface area (Å²) in [6.07, 6.45) is 4.31. The Balaban J connectivity index is 2.08. The summed E-state index contributed by atoms with van der Waals surface area (Å²) in [5, 5.41) is 18.3. The maximum atomic E-state index is 12.1. The third kappa shape index (κ3) is 3.14. The number of nitrogens with two attached hydrogens (primary N) is 1. The van der Waals surface area contributed by atoms with Gasteiger partial charge in [0.15, 0.2) is 0 Å². The fourth-order valence-corrected chi connectivity index (χ4v) is 3.63. The summed E-state index contributed by atoms with van der Waals surface area (Å²) in [6.45, 7) is 7.80. The number of ether oxygens (including phenoxy) is 1. The first-order valence-electron chi connectivity index (χ1n) is 9.05. The van der Waals surface area contributed by atoms with Crippen molar-refractivity contribution in [3.05, 3.63) is 29.6 Å². The quantitative estimate of drug-likeness (QED) is 0.689. The van der Waals surface area contributed by atoms with Crippen LogP contribution in [0.15, 0.2) is 18.5 Å². The number of rotatable bonds is 5. The number of nitrogens with one attached hydrogen (secondary N) is 1. The van der Waals surface area contributed by atoms with Crippen molar-refractivity contribution in [2.45, 2.75) is 52.2 Å². The molecule has 8 heteroatoms. The number of carbonyl (C=O) groups excluding carboxylic acids is 2. The van der Waals surface area contributed by atoms with Crippen LogP contribution in [-0.4, -0.2) is 44.8 Å². The van der Waals surface area contributed by atoms with Crippen molar-refractivity contribution in [1.29, 1.82) is 0 Å². The molecule has 3 rings (SSSR count). The van der Waals surface area contributed by atoms with Gasteiger partial charge in [-0.05, 0) is 32.8 Å². The van der Waals surface area contributed by atoms with Crippen molar-refractivity contribution in [2.75, 3.05) is 11.9 Å². The van der Waals surface area contributed by atoms with E-state index in [0.717, 1.165) is 6.42 Å². The van der Waals surface area contributed by atoms with Gasteiger partial charge < -0.3 is 20.9 Å². The molecule has 0 bridgehead atoms. The first-order chi connectivity index (χ1) is 12.6. The lowest BCUT2D eigenvalue weighted by Gasteiger charge is -2.38. The lowest BCUT2D eigenvalue weighted by Crippen LogP contribution is -2.45. The fourth-order valence-electron chi connectivity index (χ4n) is 3.63. The maximum Gasteiger partial charge on any atom is 0.339 e. The maximum absolute atomic E-state index is 12.1. The Bertz CT molecular complexity index is 900. The molecular formula is C19H26N4O4. The van der Waals surface area contributed by atoms with Gasteiger partial charge >= 0.3 is 5.97 Å². The topological polar surface area (TPSA) is 119 Å². The van der Waals surface area contributed by atoms with E-state index in [4.69, 9.17) is 10.5 Å². The van der Waals surface area contributed by atoms with E-state index in [-0.39, 0.29) is 18.2 Å². The first kappa shape index (κ1) is 19.2. The predicted octanol–water partition coefficient (Wildman–Crippen LogP) is 1.96. The van der Waals surface area contributed by atoms with Crippen molar-refractivity contribution in [3.63, 3.8) is 0 Å². The minimum absolute atomic E-state index is 0.0854. The second-order valence-corrected chi connectivity index (χ2v) is 7.81. The van der Waals surface area contributed by atoms with Crippen molar-refractivity contribution >= 4 is 23.1 Å². The smallest absolute Gasteiger partial charge is 0.339 e. The van der Waals surface area contributed by atoms with Gasteiger partial charge in [-0.3, -0.25) is 4.79 Å². The van der Waals surface area contributed by atoms with E-state index >= 15 is 0 Å². The molecule has 0 radical (unpaired) electrons. The number of fused-ring (bicyclic) bond motifs is 1. The number of esters is 1. The summed E-state index contributed by atoms with van der Waals surface area (Å²) in [7, 11) is 0. The monoisotopic (exact) mass is 374 g/mol. The Hall–Kier alpha value is -2.61. The van der Waals surface area contributed by atoms with Gasteiger partial charge in [0, 0.05) is 17.7 Å². The fraction of sp³-hybridized carbons (Fsp3) is 0.526. The Morgan fingerprint density at radius 2 is 2.15 bits per heavy atom. The lowest BCUT2D eigenvalue weighted by atomic mass is 9.76. The van der Waals surface area contributed by atoms with Crippen molar-refractivity contribution in [3.8, 4) is 0 Å². The number of primary amides is 1. The number of aliphatic hydroxyl groups is 1. The molecule has 2 aromatic heterocycles. The summed E-state index contributed by atoms with van der Waals surface area (Å²) < 4.78 is 6.56. The van der Waals surface area contributed by atoms with E-state index in [9.17, 15) is 14.7 Å². The number of amides is 1. The van der Waals surface area contributed by atoms with Gasteiger partial charge in [0.2, 0.25) is 0 Å². The Labute approximate surface area is 157 Å². The number of anilines is 1. The number of carbonyl (C=O) groups is 2. The van der Waals surface area contributed by atoms with E-state index in [0.29, 0.717) is 23.2 Å². The third-order valence-corrected chi connectivity index (χ3v) is 5.91. The minimum Gasteiger partial charge on any atom is -0.462 e. The molecule has 0 aliphatic heterocycles. The second kappa shape index (κ2) is 6.53. The van der Waals surface area contributed by atoms with Crippen molar-refractivity contribution in [1.82, 2.24) is 9.61 Å². The molecule has 146 valence electrons. The number of nitrogens with zero attached hydrogens (tertiary/aromatic N) is 2. The highest BCUT2D eigenvalue weighted by molar-refractivity contribution is 6.03. The summed E-state index contributed by atoms with van der Waals surface area (Å²) in [4.78, 5) is 24.0. The van der Waals surface area contributed by atoms with Crippen LogP contribution >= 0.6 is 0 Å². The third-order valence-electron chi connectivity index (χ3n) is 5.91. The molecular weight excluding hydrogens is 348 g/mol. The molecule has 1 fully saturated rings. The zero-order valence-electron chi connectivity index (χ0n) is 16.1. The zero-order valence-corrected chi connectivity index (χ0v) is 16.1. The number of aromatic nitrogens is 2. The van der Waals surface area contributed by atoms with Gasteiger partial charge in [0.05, 0.1) is 40.7 Å². The highest BCUT2D eigenvalue weighted by atomic mass is 16.5. The van der Waals surface area contributed by atoms with Gasteiger partial charge in [-0.15, -0.1) is 0 Å². The summed E-state index contributed by atoms with van der Waals surface area (Å²) in [5.74, 6) is -1.08. The molecule has 27 heavy (non-hydrogen) atoms. The van der Waals surface area contributed by atoms with E-state index in [1.807, 2.05) is 20.8 Å². The highest BCUT2D eigenvalue weighted by Gasteiger charge is 2.50. The molecule has 8 nitrogen and oxygen atoms in total. The lowest BCUT2D eigenvalue weighted by molar-refractivity contribution is -0.0283. The molecule has 2 unspecified atom stereocenters. The molecule has 4 N–H and O–H groups in total. The van der Waals surface area contributed by atoms with Crippen LogP contribution in [0.2, 0.25) is 0 Å². The van der Waals surface area contributed by atoms with Crippen LogP contribution in [0.5, 0.6) is 0 Å². The van der Waals surface area contributed by atoms with Crippen LogP contribution in [-0.2, 0) is 4.74 Å². The molecule has 2 aromatic rings. The number of hydrogen-bond donors (Lipinski definition) is 3. The van der Waals surface area contributed by atoms with E-state index in [1.54, 1.807) is 19.2 Å². The minimum atomic E-state index is -0.834. The van der Waals surface area contributed by atoms with Gasteiger partial charge in [0.1, 0.15) is 0 Å². The molecule has 0 spiro atoms. The van der Waals surface area contributed by atoms with Crippen LogP contribution in [0.3, 0.4) is 0 Å². The standard InChI is InChI=1S/C19H26N4O4/c1-5-27-17(25)11-8-13-15(12(16(20)24)9-21-23(13)10-11)22-14-6-7-19(4,26)18(14,2)3/h8-10,14,22,26H,5-7H2,1-4H3,(H2,20,24). The summed E-state index contributed by atoms with van der Waals surface area (Å²) in [5.41, 5.74) is 5.91. The van der Waals surface area contributed by atoms with Crippen LogP contribution in [0, 0.1) is 5.41 Å². The normalized spacial score (nSPS) is 24.1. The molecule has 2 heterocycles. The Morgan fingerprint density at radius 3 is 2.70 bits per heavy atom. The summed E-state index contributed by atoms with van der Waals surface area (Å²) in [6, 6.07) is 1.54. The SMILES string of the molecule is CCOC(=O)c1cc2c(NC3CCC(C)(O)C3(C)C)c(C(N)=O)cnn2c1. The van der Waals surface area contributed by atoms with Crippen LogP contribution in [0.1, 0.15) is 61.3 Å². The molecule has 1 aliphatic carbocycles. The zero-order chi connectivity index (χ0) is 20.0. The summed E-state index contributed by atoms with van der Waals surface area (Å²) >= 11 is 0. The van der Waals surface area contributed by atoms with Gasteiger partial charge in [0.25, 0.3) is 5.91 Å². The Kier molecular flexibility index (Phi) is 4.63. The first-order valence-corrected chi connectivity index (χ1v) is 9.05. The Morgan fingerprint density at radius 1 is 1.44 bits per heavy atom. The molecule has 1 aliphatic rings. The number of hydrogen-bond acceptors (Lipinski definition) is 6. The van der Waals surface area contributed by atoms with E-state index < -0.39 is 22.9 Å². The largest absolute Gasteiger partial charge is 0.462 e. The van der Waals surface area contributed by atoms with Crippen molar-refractivity contribution in [2.24, 2.45) is 11.1 Å². The van der Waals surface area contributed by atoms with Crippen LogP contribution in [0.25, 0.3) is 5.52 Å². The predicted molar refractivity (Wildman–Crippen MR) is 101 cm³/mol. The second-order valence-electron chi connectivity index (χ2n) is 7.81.